The molecule has 2 bridgehead atoms. The van der Waals surface area contributed by atoms with Crippen LogP contribution in [-0.2, 0) is 26.2 Å². The average molecular weight is 590 g/mol. The van der Waals surface area contributed by atoms with Gasteiger partial charge in [-0.25, -0.2) is 10.3 Å². The topological polar surface area (TPSA) is 97.3 Å². The number of ether oxygens (including phenoxy) is 2. The number of nitrogens with one attached hydrogen (secondary N) is 1. The summed E-state index contributed by atoms with van der Waals surface area (Å²) in [5.74, 6) is -1.47. The highest BCUT2D eigenvalue weighted by atomic mass is 35.5. The van der Waals surface area contributed by atoms with E-state index in [1.165, 1.54) is 4.90 Å². The van der Waals surface area contributed by atoms with E-state index in [1.54, 1.807) is 48.7 Å². The average Bonchev–Trinajstić information content (AvgIpc) is 3.60. The molecule has 1 fully saturated rings. The van der Waals surface area contributed by atoms with Crippen LogP contribution in [0.4, 0.5) is 5.69 Å². The molecule has 0 unspecified atom stereocenters. The summed E-state index contributed by atoms with van der Waals surface area (Å²) < 4.78 is 10.8. The van der Waals surface area contributed by atoms with Gasteiger partial charge < -0.3 is 9.47 Å². The van der Waals surface area contributed by atoms with E-state index in [0.29, 0.717) is 22.2 Å². The maximum absolute atomic E-state index is 14.4. The van der Waals surface area contributed by atoms with Crippen LogP contribution in [0.25, 0.3) is 0 Å². The van der Waals surface area contributed by atoms with Crippen LogP contribution in [0, 0.1) is 11.8 Å². The summed E-state index contributed by atoms with van der Waals surface area (Å²) in [5.41, 5.74) is 6.43. The van der Waals surface area contributed by atoms with Gasteiger partial charge in [0.15, 0.2) is 11.5 Å². The van der Waals surface area contributed by atoms with Gasteiger partial charge in [0, 0.05) is 12.1 Å². The maximum atomic E-state index is 14.4. The van der Waals surface area contributed by atoms with E-state index in [0.717, 1.165) is 27.8 Å². The molecule has 9 heteroatoms. The molecule has 0 aromatic heterocycles. The Morgan fingerprint density at radius 3 is 2.33 bits per heavy atom. The van der Waals surface area contributed by atoms with Crippen LogP contribution in [0.15, 0.2) is 96.1 Å². The molecule has 4 aromatic rings. The van der Waals surface area contributed by atoms with Gasteiger partial charge in [-0.05, 0) is 52.1 Å². The quantitative estimate of drug-likeness (QED) is 0.202. The molecule has 3 aliphatic carbocycles. The lowest BCUT2D eigenvalue weighted by Crippen LogP contribution is -2.54. The molecule has 0 radical (unpaired) electrons. The number of hydrogen-bond acceptors (Lipinski definition) is 6. The Morgan fingerprint density at radius 1 is 0.907 bits per heavy atom. The lowest BCUT2D eigenvalue weighted by molar-refractivity contribution is -0.123. The molecule has 0 spiro atoms. The third kappa shape index (κ3) is 3.63. The second-order valence-corrected chi connectivity index (χ2v) is 11.6. The van der Waals surface area contributed by atoms with Crippen LogP contribution in [0.3, 0.4) is 0 Å². The molecule has 0 saturated carbocycles. The molecular formula is C34H24ClN3O5. The molecule has 5 aliphatic rings. The summed E-state index contributed by atoms with van der Waals surface area (Å²) in [6.07, 6.45) is 1.72. The van der Waals surface area contributed by atoms with Crippen molar-refractivity contribution in [2.45, 2.75) is 17.8 Å². The predicted octanol–water partition coefficient (Wildman–Crippen LogP) is 4.96. The first-order valence-corrected chi connectivity index (χ1v) is 14.4. The summed E-state index contributed by atoms with van der Waals surface area (Å²) in [7, 11) is 0. The Morgan fingerprint density at radius 2 is 1.58 bits per heavy atom. The molecule has 2 atom stereocenters. The van der Waals surface area contributed by atoms with Crippen molar-refractivity contribution in [1.29, 1.82) is 0 Å². The smallest absolute Gasteiger partial charge is 0.244 e. The Bertz CT molecular complexity index is 1840. The summed E-state index contributed by atoms with van der Waals surface area (Å²) in [4.78, 5) is 42.9. The number of para-hydroxylation sites is 1. The lowest BCUT2D eigenvalue weighted by Gasteiger charge is -2.52. The SMILES string of the molecule is O=C(Cc1ccc2c(c1)OCO2)N/N=C\C12c3ccccc3C(c3ccccc31)[C@@H]1C(=O)N(c3ccccc3Cl)C(=O)[C@@H]12. The van der Waals surface area contributed by atoms with Gasteiger partial charge in [0.25, 0.3) is 0 Å². The van der Waals surface area contributed by atoms with Crippen molar-refractivity contribution in [1.82, 2.24) is 5.43 Å². The van der Waals surface area contributed by atoms with Crippen molar-refractivity contribution in [2.24, 2.45) is 16.9 Å². The molecule has 4 aromatic carbocycles. The van der Waals surface area contributed by atoms with Crippen LogP contribution in [0.5, 0.6) is 11.5 Å². The standard InChI is InChI=1S/C34H24ClN3O5/c35-24-11-5-6-12-25(24)38-32(40)30-29-20-7-1-3-9-22(20)34(31(30)33(38)41,23-10-4-2-8-21(23)29)17-36-37-28(39)16-19-13-14-26-27(15-19)43-18-42-26/h1-15,17,29-31H,16,18H2,(H,37,39)/b36-17-/t29?,30-,31+,34?/m0/s1. The minimum Gasteiger partial charge on any atom is -0.454 e. The molecule has 3 amide bonds. The van der Waals surface area contributed by atoms with Gasteiger partial charge in [-0.2, -0.15) is 5.10 Å². The number of nitrogens with zero attached hydrogens (tertiary/aromatic N) is 2. The number of amides is 3. The molecule has 2 aliphatic heterocycles. The van der Waals surface area contributed by atoms with E-state index < -0.39 is 17.3 Å². The Labute approximate surface area is 251 Å². The van der Waals surface area contributed by atoms with Crippen molar-refractivity contribution in [3.63, 3.8) is 0 Å². The molecular weight excluding hydrogens is 566 g/mol. The van der Waals surface area contributed by atoms with E-state index in [1.807, 2.05) is 48.5 Å². The number of benzene rings is 4. The van der Waals surface area contributed by atoms with Gasteiger partial charge in [-0.3, -0.25) is 14.4 Å². The van der Waals surface area contributed by atoms with E-state index in [-0.39, 0.29) is 36.9 Å². The third-order valence-electron chi connectivity index (χ3n) is 9.04. The largest absolute Gasteiger partial charge is 0.454 e. The number of carbonyl (C=O) groups is 3. The third-order valence-corrected chi connectivity index (χ3v) is 9.36. The van der Waals surface area contributed by atoms with Crippen molar-refractivity contribution in [3.8, 4) is 11.5 Å². The lowest BCUT2D eigenvalue weighted by atomic mass is 9.47. The van der Waals surface area contributed by atoms with E-state index in [4.69, 9.17) is 21.1 Å². The van der Waals surface area contributed by atoms with Crippen LogP contribution in [0.1, 0.15) is 33.7 Å². The fraction of sp³-hybridized carbons (Fsp3) is 0.176. The van der Waals surface area contributed by atoms with Crippen molar-refractivity contribution >= 4 is 41.2 Å². The van der Waals surface area contributed by atoms with Crippen molar-refractivity contribution < 1.29 is 23.9 Å². The van der Waals surface area contributed by atoms with Crippen molar-refractivity contribution in [2.75, 3.05) is 11.7 Å². The first-order valence-electron chi connectivity index (χ1n) is 14.0. The van der Waals surface area contributed by atoms with Crippen LogP contribution in [0.2, 0.25) is 5.02 Å². The summed E-state index contributed by atoms with van der Waals surface area (Å²) in [6, 6.07) is 28.0. The number of anilines is 1. The summed E-state index contributed by atoms with van der Waals surface area (Å²) in [6.45, 7) is 0.151. The summed E-state index contributed by atoms with van der Waals surface area (Å²) >= 11 is 6.52. The molecule has 8 nitrogen and oxygen atoms in total. The predicted molar refractivity (Wildman–Crippen MR) is 159 cm³/mol. The minimum absolute atomic E-state index is 0.0694. The number of imide groups is 1. The zero-order valence-electron chi connectivity index (χ0n) is 22.7. The Kier molecular flexibility index (Phi) is 5.71. The normalized spacial score (nSPS) is 24.2. The highest BCUT2D eigenvalue weighted by Gasteiger charge is 2.68. The number of rotatable bonds is 5. The number of halogens is 1. The molecule has 1 N–H and O–H groups in total. The molecule has 2 heterocycles. The Balaban J connectivity index is 1.22. The van der Waals surface area contributed by atoms with Gasteiger partial charge >= 0.3 is 0 Å². The zero-order valence-corrected chi connectivity index (χ0v) is 23.5. The first-order chi connectivity index (χ1) is 21.0. The molecule has 9 rings (SSSR count). The van der Waals surface area contributed by atoms with E-state index >= 15 is 0 Å². The fourth-order valence-electron chi connectivity index (χ4n) is 7.40. The van der Waals surface area contributed by atoms with Crippen molar-refractivity contribution in [3.05, 3.63) is 124 Å². The van der Waals surface area contributed by atoms with Gasteiger partial charge in [0.05, 0.1) is 34.4 Å². The highest BCUT2D eigenvalue weighted by Crippen LogP contribution is 2.63. The number of carbonyl (C=O) groups excluding carboxylic acids is 3. The maximum Gasteiger partial charge on any atom is 0.244 e. The van der Waals surface area contributed by atoms with Gasteiger partial charge in [0.1, 0.15) is 0 Å². The minimum atomic E-state index is -1.10. The van der Waals surface area contributed by atoms with Gasteiger partial charge in [-0.15, -0.1) is 0 Å². The second-order valence-electron chi connectivity index (χ2n) is 11.1. The second kappa shape index (κ2) is 9.54. The molecule has 43 heavy (non-hydrogen) atoms. The first kappa shape index (κ1) is 25.7. The highest BCUT2D eigenvalue weighted by molar-refractivity contribution is 6.36. The molecule has 212 valence electrons. The number of hydrogen-bond donors (Lipinski definition) is 1. The number of hydrazone groups is 1. The van der Waals surface area contributed by atoms with E-state index in [9.17, 15) is 14.4 Å². The zero-order chi connectivity index (χ0) is 29.3. The van der Waals surface area contributed by atoms with Crippen LogP contribution < -0.4 is 19.8 Å². The van der Waals surface area contributed by atoms with Crippen LogP contribution >= 0.6 is 11.6 Å². The monoisotopic (exact) mass is 589 g/mol. The van der Waals surface area contributed by atoms with E-state index in [2.05, 4.69) is 10.5 Å². The van der Waals surface area contributed by atoms with Gasteiger partial charge in [-0.1, -0.05) is 78.3 Å². The summed E-state index contributed by atoms with van der Waals surface area (Å²) in [5, 5.41) is 4.80. The number of fused-ring (bicyclic) bond motifs is 1. The molecule has 1 saturated heterocycles. The fourth-order valence-corrected chi connectivity index (χ4v) is 7.62. The van der Waals surface area contributed by atoms with Crippen LogP contribution in [-0.4, -0.2) is 30.7 Å². The Hall–Kier alpha value is -4.95. The van der Waals surface area contributed by atoms with Gasteiger partial charge in [0.2, 0.25) is 24.5 Å².